The first-order chi connectivity index (χ1) is 37.4. The van der Waals surface area contributed by atoms with E-state index < -0.39 is 107 Å². The van der Waals surface area contributed by atoms with E-state index in [4.69, 9.17) is 33.5 Å². The van der Waals surface area contributed by atoms with Crippen LogP contribution >= 0.6 is 15.6 Å². The Morgan fingerprint density at radius 3 is 1.92 bits per heavy atom. The van der Waals surface area contributed by atoms with Crippen molar-refractivity contribution >= 4 is 27.3 Å². The number of unbranched alkanes of at least 4 members (excludes halogenated alkanes) is 19. The monoisotopic (exact) mass is 1140 g/mol. The lowest BCUT2D eigenvalue weighted by atomic mass is 9.88. The third-order valence-electron chi connectivity index (χ3n) is 14.6. The zero-order chi connectivity index (χ0) is 56.1. The first-order valence-electron chi connectivity index (χ1n) is 27.8. The number of hydrogen-bond acceptors (Lipinski definition) is 17. The quantitative estimate of drug-likeness (QED) is 0.0105. The van der Waals surface area contributed by atoms with Gasteiger partial charge in [-0.25, -0.2) is 23.5 Å². The average Bonchev–Trinajstić information content (AvgIpc) is 4.21. The Kier molecular flexibility index (Phi) is 25.3. The molecule has 3 aromatic heterocycles. The van der Waals surface area contributed by atoms with Crippen LogP contribution in [0.2, 0.25) is 0 Å². The smallest absolute Gasteiger partial charge is 0.383 e. The number of phosphoric ester groups is 2. The van der Waals surface area contributed by atoms with Gasteiger partial charge in [-0.2, -0.15) is 9.97 Å². The minimum absolute atomic E-state index is 0.0283. The summed E-state index contributed by atoms with van der Waals surface area (Å²) in [5.41, 5.74) is 12.4. The molecule has 10 unspecified atom stereocenters. The molecule has 3 aliphatic rings. The van der Waals surface area contributed by atoms with Crippen LogP contribution in [-0.2, 0) is 36.9 Å². The fraction of sp³-hybridized carbons (Fsp3) is 0.760. The highest BCUT2D eigenvalue weighted by atomic mass is 31.2. The van der Waals surface area contributed by atoms with Crippen molar-refractivity contribution in [2.75, 3.05) is 30.8 Å². The largest absolute Gasteiger partial charge is 0.472 e. The van der Waals surface area contributed by atoms with Crippen LogP contribution in [0.25, 0.3) is 10.4 Å². The standard InChI is InChI=1S/C50H81N11O15P2/c1-3-4-5-6-7-8-9-10-11-12-13-14-15-16-17-18-19-20-21-22-27-53-41-26-29-60(49(64)55-41)43-30-37(39(74-43)34-72-78(69,70)71-33-36-23-24-42(73-36)59-28-25-40(51)54-48(59)63)45(76-77(66,67)68)46-38(57-58-52)31-44(75-46)61-32-35(2)47(62)56-50(61)65/h25-26,28-29,32,36-39,42-46H,3-24,27,30-31,33-34H2,1-2H3,(H,69,70)(H2,51,54,63)(H,53,55,64)(H,56,62,65)(H2,66,67,68). The zero-order valence-electron chi connectivity index (χ0n) is 45.0. The van der Waals surface area contributed by atoms with Gasteiger partial charge in [0.2, 0.25) is 0 Å². The molecule has 10 atom stereocenters. The Labute approximate surface area is 453 Å². The summed E-state index contributed by atoms with van der Waals surface area (Å²) in [6.07, 6.45) is 21.2. The first kappa shape index (κ1) is 62.6. The Bertz CT molecular complexity index is 2730. The predicted octanol–water partition coefficient (Wildman–Crippen LogP) is 8.33. The van der Waals surface area contributed by atoms with Crippen molar-refractivity contribution in [3.05, 3.63) is 88.5 Å². The number of aromatic nitrogens is 6. The summed E-state index contributed by atoms with van der Waals surface area (Å²) in [4.78, 5) is 95.6. The van der Waals surface area contributed by atoms with E-state index in [1.807, 2.05) is 0 Å². The van der Waals surface area contributed by atoms with Gasteiger partial charge in [-0.05, 0) is 43.9 Å². The van der Waals surface area contributed by atoms with Gasteiger partial charge in [0.15, 0.2) is 0 Å². The number of hydrogen-bond donors (Lipinski definition) is 6. The second-order valence-electron chi connectivity index (χ2n) is 20.7. The Morgan fingerprint density at radius 2 is 1.33 bits per heavy atom. The number of H-pyrrole nitrogens is 1. The minimum Gasteiger partial charge on any atom is -0.383 e. The van der Waals surface area contributed by atoms with Crippen LogP contribution < -0.4 is 33.7 Å². The number of nitrogens with one attached hydrogen (secondary N) is 2. The zero-order valence-corrected chi connectivity index (χ0v) is 46.8. The molecule has 78 heavy (non-hydrogen) atoms. The fourth-order valence-corrected chi connectivity index (χ4v) is 11.8. The molecule has 0 radical (unpaired) electrons. The average molecular weight is 1140 g/mol. The SMILES string of the molecule is CCCCCCCCCCCCCCCCCCCCCCNc1ccn(C2CC(C(OP(=O)(O)O)C3OC(n4cc(C)c(=O)[nH]c4=O)CC3N=[N+]=[N-])C(COP(=O)(O)OCC3CCC(n4ccc(N)nc4=O)O3)O2)c(=O)n1. The van der Waals surface area contributed by atoms with Gasteiger partial charge in [-0.1, -0.05) is 134 Å². The number of aromatic amines is 1. The summed E-state index contributed by atoms with van der Waals surface area (Å²) >= 11 is 0. The van der Waals surface area contributed by atoms with Gasteiger partial charge >= 0.3 is 32.7 Å². The first-order valence-corrected chi connectivity index (χ1v) is 30.8. The summed E-state index contributed by atoms with van der Waals surface area (Å²) in [6.45, 7) is 3.06. The number of aryl methyl sites for hydroxylation is 1. The van der Waals surface area contributed by atoms with Crippen molar-refractivity contribution in [3.8, 4) is 0 Å². The maximum absolute atomic E-state index is 13.7. The van der Waals surface area contributed by atoms with Crippen LogP contribution in [0.5, 0.6) is 0 Å². The van der Waals surface area contributed by atoms with Crippen molar-refractivity contribution in [3.63, 3.8) is 0 Å². The maximum Gasteiger partial charge on any atom is 0.472 e. The molecule has 28 heteroatoms. The van der Waals surface area contributed by atoms with Crippen LogP contribution in [0.1, 0.15) is 185 Å². The molecular formula is C50H81N11O15P2. The summed E-state index contributed by atoms with van der Waals surface area (Å²) in [7, 11) is -10.4. The molecule has 0 spiro atoms. The molecule has 26 nitrogen and oxygen atoms in total. The molecule has 6 rings (SSSR count). The van der Waals surface area contributed by atoms with Crippen molar-refractivity contribution < 1.29 is 51.6 Å². The molecule has 6 heterocycles. The molecule has 436 valence electrons. The number of nitrogen functional groups attached to an aromatic ring is 1. The molecule has 3 aromatic rings. The summed E-state index contributed by atoms with van der Waals surface area (Å²) in [5.74, 6) is -0.915. The Hall–Kier alpha value is -4.55. The number of phosphoric acid groups is 2. The van der Waals surface area contributed by atoms with E-state index >= 15 is 0 Å². The van der Waals surface area contributed by atoms with E-state index in [1.165, 1.54) is 145 Å². The van der Waals surface area contributed by atoms with Gasteiger partial charge < -0.3 is 39.9 Å². The van der Waals surface area contributed by atoms with E-state index in [2.05, 4.69) is 37.2 Å². The maximum atomic E-state index is 13.7. The van der Waals surface area contributed by atoms with Crippen molar-refractivity contribution in [1.29, 1.82) is 0 Å². The molecule has 7 N–H and O–H groups in total. The van der Waals surface area contributed by atoms with Gasteiger partial charge in [0.1, 0.15) is 36.4 Å². The van der Waals surface area contributed by atoms with E-state index in [-0.39, 0.29) is 24.2 Å². The van der Waals surface area contributed by atoms with Crippen molar-refractivity contribution in [2.45, 2.75) is 217 Å². The molecule has 3 fully saturated rings. The van der Waals surface area contributed by atoms with Gasteiger partial charge in [0.05, 0.1) is 37.6 Å². The predicted molar refractivity (Wildman–Crippen MR) is 289 cm³/mol. The highest BCUT2D eigenvalue weighted by Gasteiger charge is 2.52. The van der Waals surface area contributed by atoms with Crippen LogP contribution in [0.15, 0.2) is 55.0 Å². The van der Waals surface area contributed by atoms with Crippen molar-refractivity contribution in [2.24, 2.45) is 11.0 Å². The molecule has 0 saturated carbocycles. The van der Waals surface area contributed by atoms with Gasteiger partial charge in [0.25, 0.3) is 5.56 Å². The molecule has 0 aromatic carbocycles. The molecule has 0 bridgehead atoms. The van der Waals surface area contributed by atoms with E-state index in [0.29, 0.717) is 25.2 Å². The highest BCUT2D eigenvalue weighted by Crippen LogP contribution is 2.51. The number of nitrogens with two attached hydrogens (primary N) is 1. The minimum atomic E-state index is -5.46. The number of nitrogens with zero attached hydrogens (tertiary/aromatic N) is 8. The topological polar surface area (TPSA) is 362 Å². The van der Waals surface area contributed by atoms with E-state index in [9.17, 15) is 48.5 Å². The lowest BCUT2D eigenvalue weighted by Crippen LogP contribution is -2.44. The second kappa shape index (κ2) is 31.4. The fourth-order valence-electron chi connectivity index (χ4n) is 10.5. The Balaban J connectivity index is 1.03. The number of ether oxygens (including phenoxy) is 3. The van der Waals surface area contributed by atoms with Crippen LogP contribution in [0.4, 0.5) is 11.6 Å². The number of azide groups is 1. The normalized spacial score (nSPS) is 23.6. The number of rotatable bonds is 36. The highest BCUT2D eigenvalue weighted by molar-refractivity contribution is 7.47. The Morgan fingerprint density at radius 1 is 0.769 bits per heavy atom. The molecule has 0 aliphatic carbocycles. The van der Waals surface area contributed by atoms with Gasteiger partial charge in [0, 0.05) is 54.4 Å². The van der Waals surface area contributed by atoms with Crippen LogP contribution in [0.3, 0.4) is 0 Å². The van der Waals surface area contributed by atoms with Crippen molar-refractivity contribution in [1.82, 2.24) is 28.7 Å². The molecule has 0 amide bonds. The van der Waals surface area contributed by atoms with Gasteiger partial charge in [-0.3, -0.25) is 37.1 Å². The third kappa shape index (κ3) is 19.9. The lowest BCUT2D eigenvalue weighted by Gasteiger charge is -2.33. The van der Waals surface area contributed by atoms with E-state index in [1.54, 1.807) is 6.07 Å². The molecule has 3 saturated heterocycles. The van der Waals surface area contributed by atoms with E-state index in [0.717, 1.165) is 28.4 Å². The molecule has 3 aliphatic heterocycles. The summed E-state index contributed by atoms with van der Waals surface area (Å²) in [5, 5.41) is 7.00. The van der Waals surface area contributed by atoms with Crippen LogP contribution in [-0.4, -0.2) is 93.5 Å². The second-order valence-corrected chi connectivity index (χ2v) is 23.3. The lowest BCUT2D eigenvalue weighted by molar-refractivity contribution is -0.0976. The molecular weight excluding hydrogens is 1060 g/mol. The summed E-state index contributed by atoms with van der Waals surface area (Å²) < 4.78 is 64.0. The van der Waals surface area contributed by atoms with Gasteiger partial charge in [-0.15, -0.1) is 0 Å². The van der Waals surface area contributed by atoms with Crippen LogP contribution in [0, 0.1) is 12.8 Å². The third-order valence-corrected chi connectivity index (χ3v) is 16.1. The summed E-state index contributed by atoms with van der Waals surface area (Å²) in [6, 6.07) is 1.75. The number of anilines is 2.